The number of carbonyl (C=O) groups excluding carboxylic acids is 1. The first-order chi connectivity index (χ1) is 11.0. The molecular weight excluding hydrogens is 346 g/mol. The van der Waals surface area contributed by atoms with E-state index in [-0.39, 0.29) is 17.3 Å². The number of nitrogens with one attached hydrogen (secondary N) is 2. The van der Waals surface area contributed by atoms with Crippen molar-refractivity contribution in [3.05, 3.63) is 24.3 Å². The van der Waals surface area contributed by atoms with Crippen LogP contribution < -0.4 is 15.4 Å². The van der Waals surface area contributed by atoms with Crippen LogP contribution in [0.1, 0.15) is 6.92 Å². The standard InChI is InChI=1S/C13H14F2N4O2S2/c1-7(22-13-19-18-12(16-2)23-13)10(20)17-8-5-3-4-6-9(8)21-11(14)15/h3-7,11H,1-2H3,(H,16,18)(H,17,20)/t7-/m0/s1. The van der Waals surface area contributed by atoms with Gasteiger partial charge in [0, 0.05) is 7.05 Å². The lowest BCUT2D eigenvalue weighted by atomic mass is 10.3. The van der Waals surface area contributed by atoms with Crippen molar-refractivity contribution >= 4 is 39.8 Å². The van der Waals surface area contributed by atoms with Gasteiger partial charge in [0.25, 0.3) is 0 Å². The van der Waals surface area contributed by atoms with Gasteiger partial charge in [-0.15, -0.1) is 10.2 Å². The first kappa shape index (κ1) is 17.4. The second kappa shape index (κ2) is 8.06. The van der Waals surface area contributed by atoms with E-state index in [1.165, 1.54) is 35.2 Å². The number of nitrogens with zero attached hydrogens (tertiary/aromatic N) is 2. The normalized spacial score (nSPS) is 12.0. The number of hydrogen-bond donors (Lipinski definition) is 2. The molecule has 0 saturated heterocycles. The highest BCUT2D eigenvalue weighted by atomic mass is 32.2. The van der Waals surface area contributed by atoms with Crippen molar-refractivity contribution in [1.29, 1.82) is 0 Å². The van der Waals surface area contributed by atoms with Crippen LogP contribution in [0.5, 0.6) is 5.75 Å². The highest BCUT2D eigenvalue weighted by Gasteiger charge is 2.19. The minimum absolute atomic E-state index is 0.0820. The number of carbonyl (C=O) groups is 1. The van der Waals surface area contributed by atoms with E-state index in [9.17, 15) is 13.6 Å². The molecule has 0 aliphatic heterocycles. The molecule has 0 fully saturated rings. The van der Waals surface area contributed by atoms with E-state index in [0.717, 1.165) is 0 Å². The van der Waals surface area contributed by atoms with Crippen molar-refractivity contribution in [1.82, 2.24) is 10.2 Å². The molecule has 0 spiro atoms. The van der Waals surface area contributed by atoms with Gasteiger partial charge in [0.05, 0.1) is 10.9 Å². The number of hydrogen-bond acceptors (Lipinski definition) is 7. The molecule has 10 heteroatoms. The van der Waals surface area contributed by atoms with E-state index in [1.807, 2.05) is 0 Å². The van der Waals surface area contributed by atoms with Crippen LogP contribution in [0.4, 0.5) is 19.6 Å². The number of alkyl halides is 2. The average molecular weight is 360 g/mol. The van der Waals surface area contributed by atoms with Crippen molar-refractivity contribution in [2.45, 2.75) is 23.1 Å². The molecule has 124 valence electrons. The molecule has 1 aromatic carbocycles. The van der Waals surface area contributed by atoms with Gasteiger partial charge in [-0.2, -0.15) is 8.78 Å². The Morgan fingerprint density at radius 2 is 2.09 bits per heavy atom. The molecule has 2 aromatic rings. The fourth-order valence-electron chi connectivity index (χ4n) is 1.57. The zero-order valence-corrected chi connectivity index (χ0v) is 13.9. The summed E-state index contributed by atoms with van der Waals surface area (Å²) in [5, 5.41) is 13.4. The summed E-state index contributed by atoms with van der Waals surface area (Å²) < 4.78 is 29.7. The molecule has 0 unspecified atom stereocenters. The molecule has 0 aliphatic rings. The van der Waals surface area contributed by atoms with Gasteiger partial charge < -0.3 is 15.4 Å². The van der Waals surface area contributed by atoms with Gasteiger partial charge in [-0.1, -0.05) is 35.2 Å². The largest absolute Gasteiger partial charge is 0.433 e. The number of aromatic nitrogens is 2. The third-order valence-electron chi connectivity index (χ3n) is 2.63. The summed E-state index contributed by atoms with van der Waals surface area (Å²) in [5.41, 5.74) is 0.193. The van der Waals surface area contributed by atoms with Crippen molar-refractivity contribution < 1.29 is 18.3 Å². The van der Waals surface area contributed by atoms with Crippen molar-refractivity contribution in [2.24, 2.45) is 0 Å². The number of halogens is 2. The maximum atomic E-state index is 12.4. The Bertz CT molecular complexity index is 669. The summed E-state index contributed by atoms with van der Waals surface area (Å²) in [5.74, 6) is -0.428. The summed E-state index contributed by atoms with van der Waals surface area (Å²) in [6, 6.07) is 6.03. The molecule has 1 aromatic heterocycles. The minimum atomic E-state index is -2.96. The SMILES string of the molecule is CNc1nnc(S[C@@H](C)C(=O)Nc2ccccc2OC(F)F)s1. The monoisotopic (exact) mass is 360 g/mol. The van der Waals surface area contributed by atoms with E-state index >= 15 is 0 Å². The van der Waals surface area contributed by atoms with Gasteiger partial charge in [0.15, 0.2) is 4.34 Å². The van der Waals surface area contributed by atoms with Crippen LogP contribution in [0.15, 0.2) is 28.6 Å². The molecule has 2 rings (SSSR count). The Morgan fingerprint density at radius 3 is 2.74 bits per heavy atom. The van der Waals surface area contributed by atoms with Crippen LogP contribution in [-0.4, -0.2) is 35.0 Å². The second-order valence-electron chi connectivity index (χ2n) is 4.25. The third kappa shape index (κ3) is 5.03. The Balaban J connectivity index is 2.00. The Labute approximate surface area is 139 Å². The summed E-state index contributed by atoms with van der Waals surface area (Å²) >= 11 is 2.55. The zero-order chi connectivity index (χ0) is 16.8. The number of para-hydroxylation sites is 2. The van der Waals surface area contributed by atoms with Crippen molar-refractivity contribution in [3.8, 4) is 5.75 Å². The number of amides is 1. The first-order valence-electron chi connectivity index (χ1n) is 6.52. The maximum absolute atomic E-state index is 12.4. The molecule has 0 aliphatic carbocycles. The fourth-order valence-corrected chi connectivity index (χ4v) is 3.42. The van der Waals surface area contributed by atoms with Gasteiger partial charge in [0.1, 0.15) is 5.75 Å². The van der Waals surface area contributed by atoms with Crippen molar-refractivity contribution in [3.63, 3.8) is 0 Å². The lowest BCUT2D eigenvalue weighted by Gasteiger charge is -2.14. The topological polar surface area (TPSA) is 76.1 Å². The van der Waals surface area contributed by atoms with Crippen LogP contribution in [0.25, 0.3) is 0 Å². The molecule has 0 radical (unpaired) electrons. The van der Waals surface area contributed by atoms with Gasteiger partial charge >= 0.3 is 6.61 Å². The quantitative estimate of drug-likeness (QED) is 0.738. The van der Waals surface area contributed by atoms with Gasteiger partial charge in [0.2, 0.25) is 11.0 Å². The predicted octanol–water partition coefficient (Wildman–Crippen LogP) is 3.30. The van der Waals surface area contributed by atoms with Gasteiger partial charge in [-0.25, -0.2) is 0 Å². The summed E-state index contributed by atoms with van der Waals surface area (Å²) in [6.45, 7) is -1.27. The Kier molecular flexibility index (Phi) is 6.11. The molecule has 1 amide bonds. The number of ether oxygens (including phenoxy) is 1. The van der Waals surface area contributed by atoms with Crippen LogP contribution in [0.3, 0.4) is 0 Å². The van der Waals surface area contributed by atoms with Crippen molar-refractivity contribution in [2.75, 3.05) is 17.7 Å². The Hall–Kier alpha value is -1.94. The van der Waals surface area contributed by atoms with E-state index < -0.39 is 11.9 Å². The number of benzene rings is 1. The fraction of sp³-hybridized carbons (Fsp3) is 0.308. The van der Waals surface area contributed by atoms with E-state index in [4.69, 9.17) is 0 Å². The van der Waals surface area contributed by atoms with E-state index in [2.05, 4.69) is 25.6 Å². The zero-order valence-electron chi connectivity index (χ0n) is 12.2. The maximum Gasteiger partial charge on any atom is 0.387 e. The molecule has 1 atom stereocenters. The molecule has 1 heterocycles. The molecule has 0 bridgehead atoms. The molecule has 23 heavy (non-hydrogen) atoms. The number of thioether (sulfide) groups is 1. The predicted molar refractivity (Wildman–Crippen MR) is 86.5 cm³/mol. The summed E-state index contributed by atoms with van der Waals surface area (Å²) in [4.78, 5) is 12.2. The summed E-state index contributed by atoms with van der Waals surface area (Å²) in [7, 11) is 1.73. The molecule has 6 nitrogen and oxygen atoms in total. The second-order valence-corrected chi connectivity index (χ2v) is 6.81. The number of anilines is 2. The average Bonchev–Trinajstić information content (AvgIpc) is 2.96. The smallest absolute Gasteiger partial charge is 0.387 e. The lowest BCUT2D eigenvalue weighted by Crippen LogP contribution is -2.23. The molecule has 0 saturated carbocycles. The lowest BCUT2D eigenvalue weighted by molar-refractivity contribution is -0.115. The van der Waals surface area contributed by atoms with Crippen LogP contribution in [-0.2, 0) is 4.79 Å². The van der Waals surface area contributed by atoms with Crippen LogP contribution in [0, 0.1) is 0 Å². The Morgan fingerprint density at radius 1 is 1.35 bits per heavy atom. The highest BCUT2D eigenvalue weighted by molar-refractivity contribution is 8.02. The summed E-state index contributed by atoms with van der Waals surface area (Å²) in [6.07, 6.45) is 0. The van der Waals surface area contributed by atoms with Gasteiger partial charge in [-0.05, 0) is 19.1 Å². The molecular formula is C13H14F2N4O2S2. The first-order valence-corrected chi connectivity index (χ1v) is 8.22. The van der Waals surface area contributed by atoms with Crippen LogP contribution in [0.2, 0.25) is 0 Å². The minimum Gasteiger partial charge on any atom is -0.433 e. The number of rotatable bonds is 7. The van der Waals surface area contributed by atoms with Crippen LogP contribution >= 0.6 is 23.1 Å². The highest BCUT2D eigenvalue weighted by Crippen LogP contribution is 2.30. The van der Waals surface area contributed by atoms with Gasteiger partial charge in [-0.3, -0.25) is 4.79 Å². The van der Waals surface area contributed by atoms with E-state index in [0.29, 0.717) is 9.47 Å². The molecule has 2 N–H and O–H groups in total. The third-order valence-corrected chi connectivity index (χ3v) is 4.75. The van der Waals surface area contributed by atoms with E-state index in [1.54, 1.807) is 26.1 Å².